The minimum absolute atomic E-state index is 0.167. The van der Waals surface area contributed by atoms with Crippen molar-refractivity contribution in [2.75, 3.05) is 5.73 Å². The van der Waals surface area contributed by atoms with Gasteiger partial charge in [-0.2, -0.15) is 4.98 Å². The van der Waals surface area contributed by atoms with Crippen LogP contribution in [-0.2, 0) is 39.7 Å². The first-order valence-electron chi connectivity index (χ1n) is 9.19. The number of anilines is 1. The molecule has 0 atom stereocenters. The summed E-state index contributed by atoms with van der Waals surface area (Å²) in [5.41, 5.74) is 8.87. The number of aryl methyl sites for hydroxylation is 1. The zero-order valence-corrected chi connectivity index (χ0v) is 16.6. The van der Waals surface area contributed by atoms with E-state index in [1.807, 2.05) is 6.92 Å². The lowest BCUT2D eigenvalue weighted by atomic mass is 9.79. The lowest BCUT2D eigenvalue weighted by Gasteiger charge is -2.11. The van der Waals surface area contributed by atoms with Crippen molar-refractivity contribution < 1.29 is 22.6 Å². The lowest BCUT2D eigenvalue weighted by molar-refractivity contribution is 0.275. The number of nitrogen functional groups attached to an aromatic ring is 1. The third-order valence-electron chi connectivity index (χ3n) is 4.82. The number of rotatable bonds is 6. The van der Waals surface area contributed by atoms with Gasteiger partial charge in [-0.05, 0) is 40.4 Å². The van der Waals surface area contributed by atoms with Gasteiger partial charge in [0.2, 0.25) is 5.89 Å². The molecule has 0 aliphatic carbocycles. The van der Waals surface area contributed by atoms with Crippen molar-refractivity contribution in [2.45, 2.75) is 37.0 Å². The van der Waals surface area contributed by atoms with Crippen LogP contribution >= 0.6 is 0 Å². The average Bonchev–Trinajstić information content (AvgIpc) is 3.28. The summed E-state index contributed by atoms with van der Waals surface area (Å²) in [6.45, 7) is 2.22. The molecule has 4 rings (SSSR count). The Morgan fingerprint density at radius 1 is 1.24 bits per heavy atom. The molecule has 0 saturated carbocycles. The number of sulfone groups is 1. The number of nitrogens with two attached hydrogens (primary N) is 1. The molecule has 0 bridgehead atoms. The maximum absolute atomic E-state index is 13.2. The summed E-state index contributed by atoms with van der Waals surface area (Å²) in [5.74, 6) is 0.683. The molecule has 0 amide bonds. The van der Waals surface area contributed by atoms with Crippen LogP contribution in [0.4, 0.5) is 5.69 Å². The number of hydrogen-bond donors (Lipinski definition) is 2. The van der Waals surface area contributed by atoms with Crippen LogP contribution in [0.25, 0.3) is 0 Å². The second-order valence-electron chi connectivity index (χ2n) is 6.96. The zero-order chi connectivity index (χ0) is 20.6. The van der Waals surface area contributed by atoms with E-state index in [-0.39, 0.29) is 17.1 Å². The normalized spacial score (nSPS) is 13.7. The maximum atomic E-state index is 13.2. The Morgan fingerprint density at radius 3 is 2.83 bits per heavy atom. The van der Waals surface area contributed by atoms with Gasteiger partial charge in [-0.25, -0.2) is 8.42 Å². The van der Waals surface area contributed by atoms with Crippen LogP contribution in [0.15, 0.2) is 45.8 Å². The predicted molar refractivity (Wildman–Crippen MR) is 107 cm³/mol. The third-order valence-corrected chi connectivity index (χ3v) is 6.60. The number of hydrogen-bond acceptors (Lipinski definition) is 8. The van der Waals surface area contributed by atoms with Crippen molar-refractivity contribution in [1.29, 1.82) is 0 Å². The molecule has 0 spiro atoms. The predicted octanol–water partition coefficient (Wildman–Crippen LogP) is 0.997. The molecule has 0 fully saturated rings. The zero-order valence-electron chi connectivity index (χ0n) is 15.8. The highest BCUT2D eigenvalue weighted by molar-refractivity contribution is 7.90. The van der Waals surface area contributed by atoms with Crippen molar-refractivity contribution >= 4 is 28.1 Å². The molecule has 150 valence electrons. The molecule has 10 heteroatoms. The Morgan fingerprint density at radius 2 is 2.07 bits per heavy atom. The second-order valence-corrected chi connectivity index (χ2v) is 8.92. The number of fused-ring (bicyclic) bond motifs is 1. The van der Waals surface area contributed by atoms with E-state index in [9.17, 15) is 13.4 Å². The molecule has 8 nitrogen and oxygen atoms in total. The molecule has 3 aromatic rings. The van der Waals surface area contributed by atoms with E-state index in [0.717, 1.165) is 5.56 Å². The third kappa shape index (κ3) is 4.05. The van der Waals surface area contributed by atoms with Crippen molar-refractivity contribution in [1.82, 2.24) is 10.1 Å². The van der Waals surface area contributed by atoms with E-state index in [1.54, 1.807) is 30.3 Å². The Balaban J connectivity index is 1.65. The van der Waals surface area contributed by atoms with E-state index >= 15 is 0 Å². The van der Waals surface area contributed by atoms with Gasteiger partial charge in [0.1, 0.15) is 0 Å². The Hall–Kier alpha value is -2.69. The molecule has 3 N–H and O–H groups in total. The smallest absolute Gasteiger partial charge is 0.423 e. The monoisotopic (exact) mass is 413 g/mol. The van der Waals surface area contributed by atoms with Crippen molar-refractivity contribution in [3.05, 3.63) is 64.8 Å². The van der Waals surface area contributed by atoms with Crippen molar-refractivity contribution in [3.8, 4) is 0 Å². The van der Waals surface area contributed by atoms with Gasteiger partial charge >= 0.3 is 7.12 Å². The minimum Gasteiger partial charge on any atom is -0.423 e. The highest BCUT2D eigenvalue weighted by atomic mass is 32.2. The first-order valence-corrected chi connectivity index (χ1v) is 10.8. The first-order chi connectivity index (χ1) is 13.9. The van der Waals surface area contributed by atoms with Gasteiger partial charge in [0.25, 0.3) is 0 Å². The molecular formula is C19H20BN3O5S. The summed E-state index contributed by atoms with van der Waals surface area (Å²) >= 11 is 0. The van der Waals surface area contributed by atoms with Gasteiger partial charge in [0.05, 0.1) is 23.7 Å². The van der Waals surface area contributed by atoms with Crippen LogP contribution in [0.1, 0.15) is 35.3 Å². The fraction of sp³-hybridized carbons (Fsp3) is 0.263. The van der Waals surface area contributed by atoms with E-state index < -0.39 is 17.0 Å². The van der Waals surface area contributed by atoms with Crippen LogP contribution in [0, 0.1) is 0 Å². The molecule has 0 saturated heterocycles. The van der Waals surface area contributed by atoms with E-state index in [2.05, 4.69) is 10.1 Å². The lowest BCUT2D eigenvalue weighted by Crippen LogP contribution is -2.28. The van der Waals surface area contributed by atoms with Crippen LogP contribution in [0.3, 0.4) is 0 Å². The summed E-state index contributed by atoms with van der Waals surface area (Å²) in [7, 11) is -4.71. The van der Waals surface area contributed by atoms with Gasteiger partial charge < -0.3 is 19.9 Å². The number of aromatic nitrogens is 2. The van der Waals surface area contributed by atoms with Crippen LogP contribution < -0.4 is 11.2 Å². The molecule has 0 radical (unpaired) electrons. The number of benzene rings is 2. The van der Waals surface area contributed by atoms with Gasteiger partial charge in [0, 0.05) is 12.1 Å². The molecule has 1 aromatic heterocycles. The van der Waals surface area contributed by atoms with Crippen molar-refractivity contribution in [3.63, 3.8) is 0 Å². The summed E-state index contributed by atoms with van der Waals surface area (Å²) in [4.78, 5) is 4.42. The van der Waals surface area contributed by atoms with E-state index in [4.69, 9.17) is 14.9 Å². The summed E-state index contributed by atoms with van der Waals surface area (Å²) in [6.07, 6.45) is 0.794. The largest absolute Gasteiger partial charge is 0.491 e. The summed E-state index contributed by atoms with van der Waals surface area (Å²) in [6, 6.07) is 9.87. The topological polar surface area (TPSA) is 129 Å². The summed E-state index contributed by atoms with van der Waals surface area (Å²) in [5, 5.41) is 13.7. The first kappa shape index (κ1) is 19.6. The number of nitrogens with zero attached hydrogens (tertiary/aromatic N) is 2. The van der Waals surface area contributed by atoms with Crippen LogP contribution in [-0.4, -0.2) is 30.7 Å². The minimum atomic E-state index is -3.68. The van der Waals surface area contributed by atoms with Crippen LogP contribution in [0.5, 0.6) is 0 Å². The quantitative estimate of drug-likeness (QED) is 0.452. The fourth-order valence-electron chi connectivity index (χ4n) is 3.36. The van der Waals surface area contributed by atoms with E-state index in [0.29, 0.717) is 47.0 Å². The highest BCUT2D eigenvalue weighted by Gasteiger charge is 2.28. The molecule has 1 aliphatic heterocycles. The Labute approximate surface area is 168 Å². The SMILES string of the molecule is CCc1noc(Cc2cc(N)ccc2S(=O)(=O)Cc2ccc3c(c2)B(O)OC3)n1. The average molecular weight is 413 g/mol. The molecule has 0 unspecified atom stereocenters. The highest BCUT2D eigenvalue weighted by Crippen LogP contribution is 2.25. The standard InChI is InChI=1S/C19H20BN3O5S/c1-2-18-22-19(28-23-18)9-14-8-15(21)5-6-17(14)29(25,26)11-12-3-4-13-10-27-20(24)16(13)7-12/h3-8,24H,2,9-11,21H2,1H3. The Kier molecular flexibility index (Phi) is 5.16. The maximum Gasteiger partial charge on any atom is 0.491 e. The van der Waals surface area contributed by atoms with Gasteiger partial charge in [-0.3, -0.25) is 0 Å². The van der Waals surface area contributed by atoms with Gasteiger partial charge in [-0.1, -0.05) is 30.3 Å². The molecule has 2 heterocycles. The van der Waals surface area contributed by atoms with Crippen LogP contribution in [0.2, 0.25) is 0 Å². The van der Waals surface area contributed by atoms with Gasteiger partial charge in [0.15, 0.2) is 15.7 Å². The van der Waals surface area contributed by atoms with E-state index in [1.165, 1.54) is 6.07 Å². The molecule has 2 aromatic carbocycles. The fourth-order valence-corrected chi connectivity index (χ4v) is 4.94. The second kappa shape index (κ2) is 7.62. The molecule has 29 heavy (non-hydrogen) atoms. The summed E-state index contributed by atoms with van der Waals surface area (Å²) < 4.78 is 36.7. The molecular weight excluding hydrogens is 393 g/mol. The van der Waals surface area contributed by atoms with Crippen molar-refractivity contribution in [2.24, 2.45) is 0 Å². The Bertz CT molecular complexity index is 1160. The van der Waals surface area contributed by atoms with Gasteiger partial charge in [-0.15, -0.1) is 0 Å². The molecule has 1 aliphatic rings.